The van der Waals surface area contributed by atoms with E-state index < -0.39 is 0 Å². The Balaban J connectivity index is 1.000. The zero-order valence-electron chi connectivity index (χ0n) is 30.0. The van der Waals surface area contributed by atoms with Gasteiger partial charge in [0.1, 0.15) is 5.69 Å². The lowest BCUT2D eigenvalue weighted by Crippen LogP contribution is -2.00. The molecule has 4 aromatic heterocycles. The summed E-state index contributed by atoms with van der Waals surface area (Å²) < 4.78 is 9.18. The van der Waals surface area contributed by atoms with E-state index in [9.17, 15) is 0 Å². The van der Waals surface area contributed by atoms with Crippen LogP contribution in [0.15, 0.2) is 192 Å². The van der Waals surface area contributed by atoms with Crippen LogP contribution < -0.4 is 0 Å². The summed E-state index contributed by atoms with van der Waals surface area (Å²) in [6.45, 7) is 0. The first-order chi connectivity index (χ1) is 27.8. The van der Waals surface area contributed by atoms with Crippen LogP contribution in [0.1, 0.15) is 0 Å². The molecule has 0 fully saturated rings. The Morgan fingerprint density at radius 1 is 0.357 bits per heavy atom. The fourth-order valence-electron chi connectivity index (χ4n) is 7.79. The molecule has 0 bridgehead atoms. The van der Waals surface area contributed by atoms with Gasteiger partial charge in [-0.1, -0.05) is 164 Å². The standard InChI is InChI=1S/C50H31N5O/c1-4-14-34(15-5-1)45-46-43(39-20-10-12-22-41(39)51-45)44-40-21-11-13-23-42(40)55(50(44)56-46)38-30-28-33(29-31-38)32-24-26-37(27-25-32)49-53-47(35-16-6-2-7-17-35)52-48(54-49)36-18-8-3-9-19-36/h1-31H. The molecule has 0 unspecified atom stereocenters. The molecular weight excluding hydrogens is 687 g/mol. The minimum absolute atomic E-state index is 0.632. The van der Waals surface area contributed by atoms with E-state index in [1.165, 1.54) is 0 Å². The van der Waals surface area contributed by atoms with E-state index in [0.717, 1.165) is 88.6 Å². The molecule has 0 N–H and O–H groups in total. The van der Waals surface area contributed by atoms with Crippen LogP contribution in [0.4, 0.5) is 0 Å². The highest BCUT2D eigenvalue weighted by Crippen LogP contribution is 2.44. The predicted octanol–water partition coefficient (Wildman–Crippen LogP) is 12.6. The number of fused-ring (bicyclic) bond motifs is 7. The quantitative estimate of drug-likeness (QED) is 0.171. The van der Waals surface area contributed by atoms with E-state index in [0.29, 0.717) is 17.5 Å². The molecule has 11 aromatic rings. The maximum Gasteiger partial charge on any atom is 0.213 e. The third-order valence-electron chi connectivity index (χ3n) is 10.5. The normalized spacial score (nSPS) is 11.6. The molecule has 0 saturated carbocycles. The van der Waals surface area contributed by atoms with Crippen molar-refractivity contribution in [2.24, 2.45) is 0 Å². The number of hydrogen-bond acceptors (Lipinski definition) is 5. The molecule has 0 aliphatic carbocycles. The number of aromatic nitrogens is 5. The van der Waals surface area contributed by atoms with Gasteiger partial charge in [0.2, 0.25) is 5.71 Å². The largest absolute Gasteiger partial charge is 0.437 e. The summed E-state index contributed by atoms with van der Waals surface area (Å²) >= 11 is 0. The van der Waals surface area contributed by atoms with Crippen LogP contribution in [0.2, 0.25) is 0 Å². The van der Waals surface area contributed by atoms with Crippen LogP contribution in [-0.2, 0) is 0 Å². The Morgan fingerprint density at radius 2 is 0.821 bits per heavy atom. The third kappa shape index (κ3) is 5.27. The van der Waals surface area contributed by atoms with Gasteiger partial charge in [0.05, 0.1) is 16.4 Å². The monoisotopic (exact) mass is 717 g/mol. The number of pyridine rings is 1. The molecule has 0 saturated heterocycles. The summed E-state index contributed by atoms with van der Waals surface area (Å²) in [4.78, 5) is 19.8. The Hall–Kier alpha value is -7.70. The van der Waals surface area contributed by atoms with Gasteiger partial charge in [0, 0.05) is 44.1 Å². The van der Waals surface area contributed by atoms with E-state index in [2.05, 4.69) is 108 Å². The first-order valence-electron chi connectivity index (χ1n) is 18.6. The second-order valence-electron chi connectivity index (χ2n) is 13.8. The second-order valence-corrected chi connectivity index (χ2v) is 13.8. The minimum atomic E-state index is 0.632. The lowest BCUT2D eigenvalue weighted by Gasteiger charge is -2.10. The predicted molar refractivity (Wildman–Crippen MR) is 226 cm³/mol. The van der Waals surface area contributed by atoms with Crippen molar-refractivity contribution in [1.82, 2.24) is 24.5 Å². The fourth-order valence-corrected chi connectivity index (χ4v) is 7.79. The molecule has 6 heteroatoms. The van der Waals surface area contributed by atoms with Gasteiger partial charge in [-0.25, -0.2) is 19.9 Å². The maximum absolute atomic E-state index is 6.94. The van der Waals surface area contributed by atoms with Gasteiger partial charge in [0.25, 0.3) is 0 Å². The smallest absolute Gasteiger partial charge is 0.213 e. The van der Waals surface area contributed by atoms with Crippen LogP contribution in [0.25, 0.3) is 106 Å². The molecule has 4 heterocycles. The summed E-state index contributed by atoms with van der Waals surface area (Å²) in [5.74, 6) is 1.92. The highest BCUT2D eigenvalue weighted by atomic mass is 16.3. The molecule has 0 atom stereocenters. The number of rotatable bonds is 6. The van der Waals surface area contributed by atoms with E-state index in [1.807, 2.05) is 84.9 Å². The van der Waals surface area contributed by atoms with Crippen molar-refractivity contribution < 1.29 is 4.42 Å². The Morgan fingerprint density at radius 3 is 1.43 bits per heavy atom. The van der Waals surface area contributed by atoms with Crippen molar-refractivity contribution in [3.63, 3.8) is 0 Å². The topological polar surface area (TPSA) is 69.6 Å². The maximum atomic E-state index is 6.94. The summed E-state index contributed by atoms with van der Waals surface area (Å²) in [7, 11) is 0. The van der Waals surface area contributed by atoms with Crippen LogP contribution in [0.3, 0.4) is 0 Å². The first-order valence-corrected chi connectivity index (χ1v) is 18.6. The van der Waals surface area contributed by atoms with Crippen LogP contribution in [0.5, 0.6) is 0 Å². The molecule has 262 valence electrons. The van der Waals surface area contributed by atoms with Gasteiger partial charge >= 0.3 is 0 Å². The second kappa shape index (κ2) is 13.0. The van der Waals surface area contributed by atoms with Crippen molar-refractivity contribution in [2.75, 3.05) is 0 Å². The number of hydrogen-bond donors (Lipinski definition) is 0. The van der Waals surface area contributed by atoms with Gasteiger partial charge in [-0.3, -0.25) is 4.57 Å². The number of para-hydroxylation sites is 2. The zero-order valence-corrected chi connectivity index (χ0v) is 30.0. The van der Waals surface area contributed by atoms with E-state index in [1.54, 1.807) is 0 Å². The van der Waals surface area contributed by atoms with Crippen LogP contribution >= 0.6 is 0 Å². The highest BCUT2D eigenvalue weighted by molar-refractivity contribution is 6.28. The van der Waals surface area contributed by atoms with E-state index in [4.69, 9.17) is 24.4 Å². The molecule has 7 aromatic carbocycles. The Kier molecular flexibility index (Phi) is 7.38. The third-order valence-corrected chi connectivity index (χ3v) is 10.5. The van der Waals surface area contributed by atoms with Gasteiger partial charge < -0.3 is 4.42 Å². The van der Waals surface area contributed by atoms with Crippen molar-refractivity contribution >= 4 is 43.9 Å². The number of benzene rings is 7. The molecule has 0 spiro atoms. The number of furan rings is 1. The molecule has 0 amide bonds. The molecule has 56 heavy (non-hydrogen) atoms. The van der Waals surface area contributed by atoms with Gasteiger partial charge in [0.15, 0.2) is 23.1 Å². The van der Waals surface area contributed by atoms with Crippen LogP contribution in [-0.4, -0.2) is 24.5 Å². The summed E-state index contributed by atoms with van der Waals surface area (Å²) in [6, 6.07) is 64.4. The lowest BCUT2D eigenvalue weighted by molar-refractivity contribution is 0.645. The van der Waals surface area contributed by atoms with Crippen LogP contribution in [0, 0.1) is 0 Å². The fraction of sp³-hybridized carbons (Fsp3) is 0. The van der Waals surface area contributed by atoms with Crippen molar-refractivity contribution in [3.8, 4) is 62.2 Å². The molecule has 0 radical (unpaired) electrons. The summed E-state index contributed by atoms with van der Waals surface area (Å²) in [5, 5.41) is 4.39. The average molecular weight is 718 g/mol. The van der Waals surface area contributed by atoms with Crippen molar-refractivity contribution in [1.29, 1.82) is 0 Å². The molecule has 11 rings (SSSR count). The Bertz CT molecular complexity index is 3150. The molecular formula is C50H31N5O. The summed E-state index contributed by atoms with van der Waals surface area (Å²) in [6.07, 6.45) is 0. The molecule has 0 aliphatic rings. The highest BCUT2D eigenvalue weighted by Gasteiger charge is 2.24. The van der Waals surface area contributed by atoms with Gasteiger partial charge in [-0.05, 0) is 35.4 Å². The van der Waals surface area contributed by atoms with Crippen molar-refractivity contribution in [2.45, 2.75) is 0 Å². The minimum Gasteiger partial charge on any atom is -0.437 e. The lowest BCUT2D eigenvalue weighted by atomic mass is 10.0. The zero-order chi connectivity index (χ0) is 37.0. The molecule has 6 nitrogen and oxygen atoms in total. The molecule has 0 aliphatic heterocycles. The van der Waals surface area contributed by atoms with Gasteiger partial charge in [-0.15, -0.1) is 0 Å². The van der Waals surface area contributed by atoms with Gasteiger partial charge in [-0.2, -0.15) is 0 Å². The van der Waals surface area contributed by atoms with E-state index in [-0.39, 0.29) is 0 Å². The summed E-state index contributed by atoms with van der Waals surface area (Å²) in [5.41, 5.74) is 11.5. The van der Waals surface area contributed by atoms with E-state index >= 15 is 0 Å². The average Bonchev–Trinajstić information content (AvgIpc) is 3.82. The Labute approximate surface area is 322 Å². The van der Waals surface area contributed by atoms with Crippen molar-refractivity contribution in [3.05, 3.63) is 188 Å². The number of nitrogens with zero attached hydrogens (tertiary/aromatic N) is 5. The SMILES string of the molecule is c1ccc(-c2nc(-c3ccccc3)nc(-c3ccc(-c4ccc(-n5c6ccccc6c6c7c(oc65)c(-c5ccccc5)nc5ccccc57)cc4)cc3)n2)cc1. The first kappa shape index (κ1) is 31.8.